The van der Waals surface area contributed by atoms with E-state index in [1.807, 2.05) is 0 Å². The van der Waals surface area contributed by atoms with E-state index >= 15 is 0 Å². The van der Waals surface area contributed by atoms with E-state index in [4.69, 9.17) is 0 Å². The maximum Gasteiger partial charge on any atom is 0.241 e. The van der Waals surface area contributed by atoms with Crippen molar-refractivity contribution in [2.75, 3.05) is 6.29 Å². The van der Waals surface area contributed by atoms with Crippen LogP contribution in [0.2, 0.25) is 0 Å². The molecule has 0 aromatic heterocycles. The summed E-state index contributed by atoms with van der Waals surface area (Å²) in [5.74, 6) is 0. The lowest BCUT2D eigenvalue weighted by Crippen LogP contribution is -2.22. The smallest absolute Gasteiger partial charge is 0.207 e. The van der Waals surface area contributed by atoms with E-state index in [1.54, 1.807) is 24.3 Å². The van der Waals surface area contributed by atoms with Gasteiger partial charge in [-0.05, 0) is 28.1 Å². The van der Waals surface area contributed by atoms with E-state index in [9.17, 15) is 8.42 Å². The fourth-order valence-corrected chi connectivity index (χ4v) is 3.39. The summed E-state index contributed by atoms with van der Waals surface area (Å²) < 4.78 is 26.0. The predicted molar refractivity (Wildman–Crippen MR) is 59.0 cm³/mol. The molecule has 0 amide bonds. The molecule has 13 heavy (non-hydrogen) atoms. The molecule has 0 heterocycles. The third-order valence-electron chi connectivity index (χ3n) is 1.40. The predicted octanol–water partition coefficient (Wildman–Crippen LogP) is 1.56. The molecule has 1 atom stereocenters. The zero-order chi connectivity index (χ0) is 9.90. The second-order valence-electron chi connectivity index (χ2n) is 2.28. The molecule has 0 bridgehead atoms. The molecule has 1 aromatic rings. The van der Waals surface area contributed by atoms with Crippen molar-refractivity contribution >= 4 is 35.2 Å². The van der Waals surface area contributed by atoms with Crippen molar-refractivity contribution in [3.63, 3.8) is 0 Å². The molecule has 72 valence electrons. The van der Waals surface area contributed by atoms with E-state index in [0.717, 1.165) is 0 Å². The van der Waals surface area contributed by atoms with Gasteiger partial charge in [-0.2, -0.15) is 0 Å². The standard InChI is InChI=1S/C7H9BrNO2PS/c8-6-3-1-2-4-7(6)13(10,11)9-5-12/h1-4,9H,5,12H2. The minimum atomic E-state index is -3.36. The van der Waals surface area contributed by atoms with Gasteiger partial charge in [0.2, 0.25) is 10.0 Å². The number of hydrogen-bond acceptors (Lipinski definition) is 2. The molecular weight excluding hydrogens is 273 g/mol. The van der Waals surface area contributed by atoms with Gasteiger partial charge in [0.15, 0.2) is 0 Å². The van der Waals surface area contributed by atoms with Gasteiger partial charge in [0.05, 0.1) is 4.90 Å². The first-order valence-electron chi connectivity index (χ1n) is 3.52. The number of rotatable bonds is 3. The number of nitrogens with one attached hydrogen (secondary N) is 1. The van der Waals surface area contributed by atoms with Gasteiger partial charge < -0.3 is 0 Å². The summed E-state index contributed by atoms with van der Waals surface area (Å²) in [6.07, 6.45) is 0.309. The minimum Gasteiger partial charge on any atom is -0.207 e. The van der Waals surface area contributed by atoms with Crippen molar-refractivity contribution in [2.45, 2.75) is 4.90 Å². The van der Waals surface area contributed by atoms with Crippen LogP contribution < -0.4 is 4.72 Å². The Morgan fingerprint density at radius 1 is 1.38 bits per heavy atom. The van der Waals surface area contributed by atoms with Crippen LogP contribution >= 0.6 is 25.2 Å². The van der Waals surface area contributed by atoms with Crippen molar-refractivity contribution in [3.05, 3.63) is 28.7 Å². The number of benzene rings is 1. The summed E-state index contributed by atoms with van der Waals surface area (Å²) in [4.78, 5) is 0.262. The molecule has 0 spiro atoms. The molecule has 0 fully saturated rings. The van der Waals surface area contributed by atoms with Crippen molar-refractivity contribution < 1.29 is 8.42 Å². The van der Waals surface area contributed by atoms with Gasteiger partial charge in [-0.25, -0.2) is 13.1 Å². The Bertz CT molecular complexity index is 393. The summed E-state index contributed by atoms with van der Waals surface area (Å²) in [6.45, 7) is 0. The maximum atomic E-state index is 11.5. The lowest BCUT2D eigenvalue weighted by molar-refractivity contribution is 0.587. The number of sulfonamides is 1. The summed E-state index contributed by atoms with van der Waals surface area (Å²) in [5.41, 5.74) is 0. The van der Waals surface area contributed by atoms with Gasteiger partial charge in [0, 0.05) is 10.8 Å². The fourth-order valence-electron chi connectivity index (χ4n) is 0.850. The molecular formula is C7H9BrNO2PS. The first kappa shape index (κ1) is 11.1. The quantitative estimate of drug-likeness (QED) is 0.855. The Balaban J connectivity index is 3.15. The Morgan fingerprint density at radius 3 is 2.54 bits per heavy atom. The lowest BCUT2D eigenvalue weighted by atomic mass is 10.4. The van der Waals surface area contributed by atoms with Crippen LogP contribution in [-0.2, 0) is 10.0 Å². The highest BCUT2D eigenvalue weighted by Crippen LogP contribution is 2.20. The highest BCUT2D eigenvalue weighted by atomic mass is 79.9. The highest BCUT2D eigenvalue weighted by Gasteiger charge is 2.14. The largest absolute Gasteiger partial charge is 0.241 e. The number of halogens is 1. The normalized spacial score (nSPS) is 11.5. The van der Waals surface area contributed by atoms with E-state index in [2.05, 4.69) is 29.9 Å². The van der Waals surface area contributed by atoms with Gasteiger partial charge in [0.25, 0.3) is 0 Å². The lowest BCUT2D eigenvalue weighted by Gasteiger charge is -2.05. The van der Waals surface area contributed by atoms with Crippen molar-refractivity contribution in [3.8, 4) is 0 Å². The fraction of sp³-hybridized carbons (Fsp3) is 0.143. The molecule has 1 aromatic carbocycles. The molecule has 0 aliphatic heterocycles. The third-order valence-corrected chi connectivity index (χ3v) is 4.34. The molecule has 0 saturated heterocycles. The zero-order valence-corrected chi connectivity index (χ0v) is 10.3. The molecule has 3 nitrogen and oxygen atoms in total. The van der Waals surface area contributed by atoms with Gasteiger partial charge in [-0.15, -0.1) is 9.24 Å². The second kappa shape index (κ2) is 4.51. The van der Waals surface area contributed by atoms with Crippen LogP contribution in [0.15, 0.2) is 33.6 Å². The van der Waals surface area contributed by atoms with Crippen LogP contribution in [0.3, 0.4) is 0 Å². The van der Waals surface area contributed by atoms with E-state index in [1.165, 1.54) is 0 Å². The van der Waals surface area contributed by atoms with Crippen molar-refractivity contribution in [1.82, 2.24) is 4.72 Å². The summed E-state index contributed by atoms with van der Waals surface area (Å²) in [5, 5.41) is 0. The molecule has 0 aliphatic rings. The Labute approximate surface area is 88.3 Å². The van der Waals surface area contributed by atoms with Crippen LogP contribution in [0.4, 0.5) is 0 Å². The van der Waals surface area contributed by atoms with Crippen LogP contribution in [0.5, 0.6) is 0 Å². The monoisotopic (exact) mass is 281 g/mol. The van der Waals surface area contributed by atoms with Crippen LogP contribution in [0, 0.1) is 0 Å². The molecule has 0 aliphatic carbocycles. The molecule has 1 rings (SSSR count). The summed E-state index contributed by atoms with van der Waals surface area (Å²) >= 11 is 3.18. The van der Waals surface area contributed by atoms with Gasteiger partial charge in [0.1, 0.15) is 0 Å². The molecule has 1 N–H and O–H groups in total. The summed E-state index contributed by atoms with van der Waals surface area (Å²) in [7, 11) is -1.06. The SMILES string of the molecule is O=S(=O)(NCP)c1ccccc1Br. The van der Waals surface area contributed by atoms with Crippen LogP contribution in [-0.4, -0.2) is 14.7 Å². The average molecular weight is 282 g/mol. The first-order valence-corrected chi connectivity index (χ1v) is 6.61. The van der Waals surface area contributed by atoms with E-state index < -0.39 is 10.0 Å². The molecule has 0 radical (unpaired) electrons. The minimum absolute atomic E-state index is 0.262. The van der Waals surface area contributed by atoms with Gasteiger partial charge in [-0.3, -0.25) is 0 Å². The number of hydrogen-bond donors (Lipinski definition) is 1. The zero-order valence-electron chi connectivity index (χ0n) is 6.70. The van der Waals surface area contributed by atoms with E-state index in [0.29, 0.717) is 10.8 Å². The maximum absolute atomic E-state index is 11.5. The van der Waals surface area contributed by atoms with Crippen molar-refractivity contribution in [2.24, 2.45) is 0 Å². The van der Waals surface area contributed by atoms with Crippen molar-refractivity contribution in [1.29, 1.82) is 0 Å². The van der Waals surface area contributed by atoms with Crippen LogP contribution in [0.25, 0.3) is 0 Å². The van der Waals surface area contributed by atoms with Crippen LogP contribution in [0.1, 0.15) is 0 Å². The van der Waals surface area contributed by atoms with Gasteiger partial charge >= 0.3 is 0 Å². The third kappa shape index (κ3) is 2.74. The highest BCUT2D eigenvalue weighted by molar-refractivity contribution is 9.10. The Kier molecular flexibility index (Phi) is 3.86. The average Bonchev–Trinajstić information content (AvgIpc) is 2.04. The molecule has 0 saturated carbocycles. The molecule has 6 heteroatoms. The first-order chi connectivity index (χ1) is 6.08. The Hall–Kier alpha value is 0.0400. The van der Waals surface area contributed by atoms with Gasteiger partial charge in [-0.1, -0.05) is 12.1 Å². The topological polar surface area (TPSA) is 46.2 Å². The second-order valence-corrected chi connectivity index (χ2v) is 5.28. The Morgan fingerprint density at radius 2 is 2.00 bits per heavy atom. The molecule has 1 unspecified atom stereocenters. The summed E-state index contributed by atoms with van der Waals surface area (Å²) in [6, 6.07) is 6.69. The van der Waals surface area contributed by atoms with E-state index in [-0.39, 0.29) is 4.90 Å².